The Morgan fingerprint density at radius 3 is 2.62 bits per heavy atom. The molecule has 1 atom stereocenters. The third kappa shape index (κ3) is 5.42. The van der Waals surface area contributed by atoms with Gasteiger partial charge in [0.15, 0.2) is 0 Å². The van der Waals surface area contributed by atoms with E-state index in [1.54, 1.807) is 0 Å². The maximum Gasteiger partial charge on any atom is 0.0593 e. The van der Waals surface area contributed by atoms with Crippen molar-refractivity contribution in [1.82, 2.24) is 9.80 Å². The lowest BCUT2D eigenvalue weighted by molar-refractivity contribution is 0.0417. The van der Waals surface area contributed by atoms with Crippen LogP contribution in [0.25, 0.3) is 0 Å². The van der Waals surface area contributed by atoms with Gasteiger partial charge in [-0.3, -0.25) is 4.90 Å². The second kappa shape index (κ2) is 9.19. The van der Waals surface area contributed by atoms with Gasteiger partial charge in [0.2, 0.25) is 0 Å². The molecule has 0 amide bonds. The minimum absolute atomic E-state index is 0.690. The average Bonchev–Trinajstić information content (AvgIpc) is 2.55. The summed E-state index contributed by atoms with van der Waals surface area (Å²) in [5, 5.41) is 0. The minimum atomic E-state index is 0.690. The molecule has 0 spiro atoms. The first-order chi connectivity index (χ1) is 10.3. The Bertz CT molecular complexity index is 382. The first kappa shape index (κ1) is 16.5. The van der Waals surface area contributed by atoms with E-state index in [0.717, 1.165) is 26.2 Å². The van der Waals surface area contributed by atoms with Crippen LogP contribution in [0.2, 0.25) is 0 Å². The van der Waals surface area contributed by atoms with Gasteiger partial charge in [-0.15, -0.1) is 0 Å². The van der Waals surface area contributed by atoms with Crippen molar-refractivity contribution in [2.45, 2.75) is 32.7 Å². The van der Waals surface area contributed by atoms with Crippen molar-refractivity contribution in [2.24, 2.45) is 0 Å². The van der Waals surface area contributed by atoms with Crippen LogP contribution in [0, 0.1) is 0 Å². The van der Waals surface area contributed by atoms with Crippen molar-refractivity contribution in [3.63, 3.8) is 0 Å². The van der Waals surface area contributed by atoms with Gasteiger partial charge in [0, 0.05) is 45.4 Å². The second-order valence-corrected chi connectivity index (χ2v) is 5.83. The zero-order valence-corrected chi connectivity index (χ0v) is 13.6. The first-order valence-electron chi connectivity index (χ1n) is 8.41. The van der Waals surface area contributed by atoms with Crippen molar-refractivity contribution >= 4 is 0 Å². The number of piperazine rings is 1. The van der Waals surface area contributed by atoms with Crippen LogP contribution in [-0.4, -0.2) is 61.8 Å². The molecule has 1 aromatic carbocycles. The summed E-state index contributed by atoms with van der Waals surface area (Å²) in [4.78, 5) is 5.23. The highest BCUT2D eigenvalue weighted by molar-refractivity contribution is 5.14. The number of rotatable bonds is 8. The van der Waals surface area contributed by atoms with E-state index >= 15 is 0 Å². The van der Waals surface area contributed by atoms with E-state index in [9.17, 15) is 0 Å². The summed E-state index contributed by atoms with van der Waals surface area (Å²) in [6.45, 7) is 11.9. The number of ether oxygens (including phenoxy) is 1. The van der Waals surface area contributed by atoms with E-state index in [4.69, 9.17) is 4.74 Å². The van der Waals surface area contributed by atoms with Crippen LogP contribution >= 0.6 is 0 Å². The van der Waals surface area contributed by atoms with E-state index in [-0.39, 0.29) is 0 Å². The van der Waals surface area contributed by atoms with Gasteiger partial charge in [-0.25, -0.2) is 0 Å². The maximum absolute atomic E-state index is 5.51. The predicted octanol–water partition coefficient (Wildman–Crippen LogP) is 2.66. The Balaban J connectivity index is 1.75. The third-order valence-electron chi connectivity index (χ3n) is 4.45. The molecule has 1 aromatic rings. The Kier molecular flexibility index (Phi) is 7.20. The Hall–Kier alpha value is -0.900. The summed E-state index contributed by atoms with van der Waals surface area (Å²) in [5.41, 5.74) is 1.45. The fraction of sp³-hybridized carbons (Fsp3) is 0.667. The number of benzene rings is 1. The fourth-order valence-corrected chi connectivity index (χ4v) is 3.10. The van der Waals surface area contributed by atoms with Crippen LogP contribution in [0.4, 0.5) is 0 Å². The van der Waals surface area contributed by atoms with Gasteiger partial charge < -0.3 is 9.64 Å². The molecule has 118 valence electrons. The minimum Gasteiger partial charge on any atom is -0.380 e. The summed E-state index contributed by atoms with van der Waals surface area (Å²) in [6.07, 6.45) is 2.39. The van der Waals surface area contributed by atoms with Crippen LogP contribution in [0.5, 0.6) is 0 Å². The molecule has 0 aliphatic carbocycles. The zero-order valence-electron chi connectivity index (χ0n) is 13.6. The van der Waals surface area contributed by atoms with Gasteiger partial charge in [0.05, 0.1) is 6.61 Å². The van der Waals surface area contributed by atoms with Gasteiger partial charge in [-0.1, -0.05) is 37.3 Å². The molecule has 0 radical (unpaired) electrons. The molecule has 0 bridgehead atoms. The highest BCUT2D eigenvalue weighted by Crippen LogP contribution is 2.13. The van der Waals surface area contributed by atoms with E-state index < -0.39 is 0 Å². The molecular formula is C18H30N2O. The molecule has 1 aliphatic heterocycles. The predicted molar refractivity (Wildman–Crippen MR) is 88.7 cm³/mol. The summed E-state index contributed by atoms with van der Waals surface area (Å²) < 4.78 is 5.51. The largest absolute Gasteiger partial charge is 0.380 e. The Morgan fingerprint density at radius 2 is 1.90 bits per heavy atom. The molecule has 3 heteroatoms. The van der Waals surface area contributed by atoms with Gasteiger partial charge in [-0.2, -0.15) is 0 Å². The van der Waals surface area contributed by atoms with Crippen molar-refractivity contribution in [1.29, 1.82) is 0 Å². The maximum atomic E-state index is 5.51. The van der Waals surface area contributed by atoms with Crippen LogP contribution in [0.3, 0.4) is 0 Å². The highest BCUT2D eigenvalue weighted by Gasteiger charge is 2.24. The van der Waals surface area contributed by atoms with Crippen molar-refractivity contribution in [3.05, 3.63) is 35.9 Å². The Labute approximate surface area is 129 Å². The summed E-state index contributed by atoms with van der Waals surface area (Å²) >= 11 is 0. The molecule has 2 rings (SSSR count). The van der Waals surface area contributed by atoms with E-state index in [0.29, 0.717) is 6.04 Å². The first-order valence-corrected chi connectivity index (χ1v) is 8.41. The lowest BCUT2D eigenvalue weighted by Gasteiger charge is -2.41. The number of hydrogen-bond donors (Lipinski definition) is 0. The van der Waals surface area contributed by atoms with Crippen molar-refractivity contribution in [2.75, 3.05) is 45.9 Å². The third-order valence-corrected chi connectivity index (χ3v) is 4.45. The van der Waals surface area contributed by atoms with E-state index in [1.165, 1.54) is 38.2 Å². The topological polar surface area (TPSA) is 15.7 Å². The molecule has 1 heterocycles. The molecule has 0 unspecified atom stereocenters. The van der Waals surface area contributed by atoms with Gasteiger partial charge in [0.1, 0.15) is 0 Å². The van der Waals surface area contributed by atoms with E-state index in [2.05, 4.69) is 54.0 Å². The lowest BCUT2D eigenvalue weighted by Crippen LogP contribution is -2.53. The fourth-order valence-electron chi connectivity index (χ4n) is 3.10. The molecule has 1 aliphatic rings. The molecule has 1 saturated heterocycles. The van der Waals surface area contributed by atoms with Gasteiger partial charge in [-0.05, 0) is 25.3 Å². The average molecular weight is 290 g/mol. The monoisotopic (exact) mass is 290 g/mol. The molecule has 21 heavy (non-hydrogen) atoms. The quantitative estimate of drug-likeness (QED) is 0.685. The second-order valence-electron chi connectivity index (χ2n) is 5.83. The normalized spacial score (nSPS) is 20.8. The van der Waals surface area contributed by atoms with Gasteiger partial charge in [0.25, 0.3) is 0 Å². The van der Waals surface area contributed by atoms with Crippen LogP contribution in [0.1, 0.15) is 25.8 Å². The molecule has 1 fully saturated rings. The summed E-state index contributed by atoms with van der Waals surface area (Å²) in [7, 11) is 0. The molecule has 0 N–H and O–H groups in total. The van der Waals surface area contributed by atoms with Crippen LogP contribution in [0.15, 0.2) is 30.3 Å². The van der Waals surface area contributed by atoms with Crippen molar-refractivity contribution in [3.8, 4) is 0 Å². The Morgan fingerprint density at radius 1 is 1.10 bits per heavy atom. The summed E-state index contributed by atoms with van der Waals surface area (Å²) in [6, 6.07) is 11.5. The highest BCUT2D eigenvalue weighted by atomic mass is 16.5. The molecule has 0 aromatic heterocycles. The smallest absolute Gasteiger partial charge is 0.0593 e. The van der Waals surface area contributed by atoms with Crippen LogP contribution in [-0.2, 0) is 11.2 Å². The van der Waals surface area contributed by atoms with Crippen LogP contribution < -0.4 is 0 Å². The van der Waals surface area contributed by atoms with E-state index in [1.807, 2.05) is 0 Å². The zero-order chi connectivity index (χ0) is 14.9. The summed E-state index contributed by atoms with van der Waals surface area (Å²) in [5.74, 6) is 0. The van der Waals surface area contributed by atoms with Gasteiger partial charge >= 0.3 is 0 Å². The number of nitrogens with zero attached hydrogens (tertiary/aromatic N) is 2. The number of hydrogen-bond acceptors (Lipinski definition) is 3. The lowest BCUT2D eigenvalue weighted by atomic mass is 10.1. The standard InChI is InChI=1S/C18H30N2O/c1-3-18-16-19(11-10-17-8-6-5-7-9-17)12-13-20(18)14-15-21-4-2/h5-9,18H,3-4,10-16H2,1-2H3/t18-/m1/s1. The SMILES string of the molecule is CCOCCN1CCN(CCc2ccccc2)C[C@H]1CC. The molecule has 3 nitrogen and oxygen atoms in total. The molecule has 0 saturated carbocycles. The molecular weight excluding hydrogens is 260 g/mol. The van der Waals surface area contributed by atoms with Crippen molar-refractivity contribution < 1.29 is 4.74 Å².